The van der Waals surface area contributed by atoms with Crippen molar-refractivity contribution in [2.75, 3.05) is 6.61 Å². The molecule has 140 valence electrons. The Bertz CT molecular complexity index is 927. The van der Waals surface area contributed by atoms with Crippen LogP contribution in [0.4, 0.5) is 5.95 Å². The van der Waals surface area contributed by atoms with E-state index in [4.69, 9.17) is 9.47 Å². The molecule has 12 nitrogen and oxygen atoms in total. The van der Waals surface area contributed by atoms with Gasteiger partial charge in [-0.15, -0.1) is 0 Å². The van der Waals surface area contributed by atoms with Crippen LogP contribution in [-0.2, 0) is 9.47 Å². The summed E-state index contributed by atoms with van der Waals surface area (Å²) in [5.74, 6) is -1.05. The molecule has 1 aromatic carbocycles. The van der Waals surface area contributed by atoms with Crippen LogP contribution in [0.25, 0.3) is 0 Å². The molecular formula is C15H14N6O6. The summed E-state index contributed by atoms with van der Waals surface area (Å²) in [6.07, 6.45) is 0.524. The van der Waals surface area contributed by atoms with Gasteiger partial charge in [-0.25, -0.2) is 5.43 Å². The maximum Gasteiger partial charge on any atom is 0.490 e. The number of benzene rings is 1. The molecule has 0 unspecified atom stereocenters. The van der Waals surface area contributed by atoms with E-state index in [0.717, 1.165) is 0 Å². The Kier molecular flexibility index (Phi) is 4.25. The van der Waals surface area contributed by atoms with E-state index in [0.29, 0.717) is 12.1 Å². The molecule has 2 bridgehead atoms. The van der Waals surface area contributed by atoms with Crippen molar-refractivity contribution in [2.24, 2.45) is 5.10 Å². The molecule has 0 radical (unpaired) electrons. The fraction of sp³-hybridized carbons (Fsp3) is 0.333. The molecule has 4 rings (SSSR count). The minimum atomic E-state index is -0.700. The maximum atomic E-state index is 12.2. The number of aromatic nitrogens is 3. The van der Waals surface area contributed by atoms with Gasteiger partial charge >= 0.3 is 5.95 Å². The molecule has 3 heterocycles. The highest BCUT2D eigenvalue weighted by Crippen LogP contribution is 2.33. The number of amides is 1. The Labute approximate surface area is 151 Å². The van der Waals surface area contributed by atoms with Gasteiger partial charge < -0.3 is 24.7 Å². The van der Waals surface area contributed by atoms with Gasteiger partial charge in [0, 0.05) is 17.1 Å². The fourth-order valence-corrected chi connectivity index (χ4v) is 2.94. The summed E-state index contributed by atoms with van der Waals surface area (Å²) in [5, 5.41) is 28.1. The lowest BCUT2D eigenvalue weighted by Gasteiger charge is -2.26. The second-order valence-electron chi connectivity index (χ2n) is 5.99. The Hall–Kier alpha value is -3.38. The summed E-state index contributed by atoms with van der Waals surface area (Å²) < 4.78 is 12.6. The SMILES string of the molecule is O=C(N/N=C1\C[C@@H](n2cnc([N+](=O)[O-])n2)[C@@H]2CO[C@@H]1O2)c1cccc(O)c1. The van der Waals surface area contributed by atoms with Crippen molar-refractivity contribution in [2.45, 2.75) is 24.9 Å². The van der Waals surface area contributed by atoms with E-state index in [9.17, 15) is 20.0 Å². The Morgan fingerprint density at radius 1 is 1.48 bits per heavy atom. The molecule has 27 heavy (non-hydrogen) atoms. The van der Waals surface area contributed by atoms with Crippen LogP contribution in [0, 0.1) is 10.1 Å². The zero-order valence-corrected chi connectivity index (χ0v) is 13.8. The van der Waals surface area contributed by atoms with Crippen LogP contribution in [-0.4, -0.2) is 55.4 Å². The van der Waals surface area contributed by atoms with Crippen molar-refractivity contribution in [1.29, 1.82) is 0 Å². The Morgan fingerprint density at radius 3 is 3.07 bits per heavy atom. The predicted molar refractivity (Wildman–Crippen MR) is 88.0 cm³/mol. The lowest BCUT2D eigenvalue weighted by molar-refractivity contribution is -0.394. The molecule has 2 N–H and O–H groups in total. The lowest BCUT2D eigenvalue weighted by Crippen LogP contribution is -2.38. The van der Waals surface area contributed by atoms with E-state index in [1.54, 1.807) is 6.07 Å². The van der Waals surface area contributed by atoms with E-state index < -0.39 is 29.1 Å². The second-order valence-corrected chi connectivity index (χ2v) is 5.99. The summed E-state index contributed by atoms with van der Waals surface area (Å²) in [4.78, 5) is 25.9. The maximum absolute atomic E-state index is 12.2. The number of hydrazone groups is 1. The monoisotopic (exact) mass is 374 g/mol. The molecule has 2 aliphatic heterocycles. The van der Waals surface area contributed by atoms with Gasteiger partial charge in [-0.3, -0.25) is 4.79 Å². The van der Waals surface area contributed by atoms with Gasteiger partial charge in [0.15, 0.2) is 6.29 Å². The van der Waals surface area contributed by atoms with E-state index in [2.05, 4.69) is 20.6 Å². The number of nitrogens with one attached hydrogen (secondary N) is 1. The summed E-state index contributed by atoms with van der Waals surface area (Å²) in [5.41, 5.74) is 3.06. The fourth-order valence-electron chi connectivity index (χ4n) is 2.94. The number of hydrogen-bond acceptors (Lipinski definition) is 9. The van der Waals surface area contributed by atoms with Crippen molar-refractivity contribution < 1.29 is 24.3 Å². The van der Waals surface area contributed by atoms with Crippen LogP contribution in [0.3, 0.4) is 0 Å². The molecule has 2 aliphatic rings. The highest BCUT2D eigenvalue weighted by atomic mass is 16.7. The van der Waals surface area contributed by atoms with Crippen molar-refractivity contribution in [1.82, 2.24) is 20.2 Å². The first-order chi connectivity index (χ1) is 13.0. The topological polar surface area (TPSA) is 154 Å². The van der Waals surface area contributed by atoms with E-state index in [1.165, 1.54) is 29.2 Å². The minimum absolute atomic E-state index is 0.0360. The number of aromatic hydroxyl groups is 1. The van der Waals surface area contributed by atoms with Crippen molar-refractivity contribution >= 4 is 17.6 Å². The number of phenols is 1. The van der Waals surface area contributed by atoms with E-state index >= 15 is 0 Å². The van der Waals surface area contributed by atoms with Crippen molar-refractivity contribution in [3.8, 4) is 5.75 Å². The molecule has 2 fully saturated rings. The molecule has 12 heteroatoms. The number of fused-ring (bicyclic) bond motifs is 2. The quantitative estimate of drug-likeness (QED) is 0.574. The van der Waals surface area contributed by atoms with Gasteiger partial charge in [-0.05, 0) is 23.1 Å². The molecule has 0 saturated carbocycles. The zero-order valence-electron chi connectivity index (χ0n) is 13.8. The Balaban J connectivity index is 1.51. The van der Waals surface area contributed by atoms with Gasteiger partial charge in [0.2, 0.25) is 6.33 Å². The highest BCUT2D eigenvalue weighted by molar-refractivity contribution is 5.96. The minimum Gasteiger partial charge on any atom is -0.508 e. The third-order valence-corrected chi connectivity index (χ3v) is 4.24. The van der Waals surface area contributed by atoms with Crippen LogP contribution in [0.2, 0.25) is 0 Å². The van der Waals surface area contributed by atoms with Crippen LogP contribution >= 0.6 is 0 Å². The number of hydrogen-bond donors (Lipinski definition) is 2. The predicted octanol–water partition coefficient (Wildman–Crippen LogP) is 0.364. The van der Waals surface area contributed by atoms with Gasteiger partial charge in [-0.2, -0.15) is 9.78 Å². The van der Waals surface area contributed by atoms with Crippen LogP contribution in [0.15, 0.2) is 35.7 Å². The largest absolute Gasteiger partial charge is 0.508 e. The van der Waals surface area contributed by atoms with Gasteiger partial charge in [-0.1, -0.05) is 11.1 Å². The first-order valence-corrected chi connectivity index (χ1v) is 7.99. The Morgan fingerprint density at radius 2 is 2.33 bits per heavy atom. The molecule has 0 spiro atoms. The summed E-state index contributed by atoms with van der Waals surface area (Å²) in [6.45, 7) is 0.266. The number of carbonyl (C=O) groups excluding carboxylic acids is 1. The molecule has 2 saturated heterocycles. The van der Waals surface area contributed by atoms with Gasteiger partial charge in [0.05, 0.1) is 12.3 Å². The zero-order chi connectivity index (χ0) is 19.0. The molecule has 1 aromatic heterocycles. The average Bonchev–Trinajstić information content (AvgIpc) is 3.30. The molecular weight excluding hydrogens is 360 g/mol. The van der Waals surface area contributed by atoms with Crippen LogP contribution in [0.1, 0.15) is 22.8 Å². The standard InChI is InChI=1S/C15H14N6O6/c22-9-3-1-2-8(4-9)13(23)18-17-10-5-11(12-6-26-14(10)27-12)20-7-16-15(19-20)21(24)25/h1-4,7,11-12,14,22H,5-6H2,(H,18,23)/b17-10+/t11-,12+,14-/m1/s1. The molecule has 3 atom stereocenters. The van der Waals surface area contributed by atoms with Gasteiger partial charge in [0.1, 0.15) is 17.9 Å². The van der Waals surface area contributed by atoms with Gasteiger partial charge in [0.25, 0.3) is 5.91 Å². The van der Waals surface area contributed by atoms with Crippen molar-refractivity contribution in [3.63, 3.8) is 0 Å². The lowest BCUT2D eigenvalue weighted by atomic mass is 10.0. The highest BCUT2D eigenvalue weighted by Gasteiger charge is 2.44. The summed E-state index contributed by atoms with van der Waals surface area (Å²) in [6, 6.07) is 5.44. The van der Waals surface area contributed by atoms with Crippen LogP contribution < -0.4 is 5.43 Å². The third-order valence-electron chi connectivity index (χ3n) is 4.24. The second kappa shape index (κ2) is 6.74. The number of carbonyl (C=O) groups is 1. The number of nitrogens with zero attached hydrogens (tertiary/aromatic N) is 5. The molecule has 1 amide bonds. The number of phenolic OH excluding ortho intramolecular Hbond substituents is 1. The molecule has 0 aliphatic carbocycles. The molecule has 2 aromatic rings. The summed E-state index contributed by atoms with van der Waals surface area (Å²) >= 11 is 0. The smallest absolute Gasteiger partial charge is 0.490 e. The third kappa shape index (κ3) is 3.35. The summed E-state index contributed by atoms with van der Waals surface area (Å²) in [7, 11) is 0. The normalized spacial score (nSPS) is 25.5. The number of rotatable bonds is 4. The van der Waals surface area contributed by atoms with Crippen molar-refractivity contribution in [3.05, 3.63) is 46.3 Å². The number of ether oxygens (including phenoxy) is 2. The first-order valence-electron chi connectivity index (χ1n) is 7.99. The number of nitro groups is 1. The van der Waals surface area contributed by atoms with E-state index in [-0.39, 0.29) is 24.0 Å². The van der Waals surface area contributed by atoms with Crippen LogP contribution in [0.5, 0.6) is 5.75 Å². The average molecular weight is 374 g/mol. The van der Waals surface area contributed by atoms with E-state index in [1.807, 2.05) is 0 Å². The first kappa shape index (κ1) is 17.1.